The molecule has 112 valence electrons. The van der Waals surface area contributed by atoms with Crippen molar-refractivity contribution >= 4 is 27.0 Å². The van der Waals surface area contributed by atoms with Crippen LogP contribution in [0.4, 0.5) is 10.1 Å². The smallest absolute Gasteiger partial charge is 0.241 e. The third-order valence-electron chi connectivity index (χ3n) is 3.63. The Kier molecular flexibility index (Phi) is 3.73. The molecule has 1 heterocycles. The quantitative estimate of drug-likeness (QED) is 0.852. The zero-order valence-electron chi connectivity index (χ0n) is 11.2. The number of hydrogen-bond acceptors (Lipinski definition) is 4. The van der Waals surface area contributed by atoms with Crippen molar-refractivity contribution in [3.8, 4) is 0 Å². The summed E-state index contributed by atoms with van der Waals surface area (Å²) in [6, 6.07) is 5.18. The molecule has 0 fully saturated rings. The van der Waals surface area contributed by atoms with Gasteiger partial charge in [-0.2, -0.15) is 0 Å². The first kappa shape index (κ1) is 14.5. The molecule has 3 N–H and O–H groups in total. The van der Waals surface area contributed by atoms with E-state index in [1.54, 1.807) is 11.3 Å². The van der Waals surface area contributed by atoms with E-state index in [1.807, 2.05) is 11.4 Å². The van der Waals surface area contributed by atoms with Crippen molar-refractivity contribution in [2.45, 2.75) is 30.2 Å². The zero-order chi connectivity index (χ0) is 15.0. The number of rotatable bonds is 3. The number of halogens is 1. The molecule has 0 saturated heterocycles. The summed E-state index contributed by atoms with van der Waals surface area (Å²) >= 11 is 1.65. The number of hydrogen-bond donors (Lipinski definition) is 2. The molecule has 0 radical (unpaired) electrons. The molecule has 3 rings (SSSR count). The van der Waals surface area contributed by atoms with Gasteiger partial charge in [-0.3, -0.25) is 0 Å². The number of sulfonamides is 1. The van der Waals surface area contributed by atoms with Gasteiger partial charge in [0, 0.05) is 10.9 Å². The number of nitrogen functional groups attached to an aromatic ring is 1. The highest BCUT2D eigenvalue weighted by atomic mass is 32.2. The molecule has 21 heavy (non-hydrogen) atoms. The number of anilines is 1. The Morgan fingerprint density at radius 2 is 2.14 bits per heavy atom. The molecule has 1 aliphatic carbocycles. The summed E-state index contributed by atoms with van der Waals surface area (Å²) < 4.78 is 40.7. The van der Waals surface area contributed by atoms with E-state index in [1.165, 1.54) is 10.9 Å². The SMILES string of the molecule is Nc1cc(S(=O)(=O)NC2CCCc3sccc32)ccc1F. The van der Waals surface area contributed by atoms with Gasteiger partial charge in [0.2, 0.25) is 10.0 Å². The van der Waals surface area contributed by atoms with Gasteiger partial charge in [0.25, 0.3) is 0 Å². The predicted octanol–water partition coefficient (Wildman–Crippen LogP) is 2.83. The minimum Gasteiger partial charge on any atom is -0.396 e. The van der Waals surface area contributed by atoms with Crippen molar-refractivity contribution < 1.29 is 12.8 Å². The molecule has 0 saturated carbocycles. The van der Waals surface area contributed by atoms with E-state index in [2.05, 4.69) is 4.72 Å². The van der Waals surface area contributed by atoms with E-state index in [9.17, 15) is 12.8 Å². The van der Waals surface area contributed by atoms with Gasteiger partial charge in [0.1, 0.15) is 5.82 Å². The molecule has 0 bridgehead atoms. The lowest BCUT2D eigenvalue weighted by Gasteiger charge is -2.23. The second-order valence-corrected chi connectivity index (χ2v) is 7.76. The van der Waals surface area contributed by atoms with Crippen LogP contribution in [0.15, 0.2) is 34.5 Å². The Morgan fingerprint density at radius 1 is 1.33 bits per heavy atom. The van der Waals surface area contributed by atoms with Crippen LogP contribution in [0.3, 0.4) is 0 Å². The molecule has 1 aromatic heterocycles. The van der Waals surface area contributed by atoms with Crippen LogP contribution >= 0.6 is 11.3 Å². The Balaban J connectivity index is 1.89. The molecule has 1 unspecified atom stereocenters. The van der Waals surface area contributed by atoms with Gasteiger partial charge < -0.3 is 5.73 Å². The molecule has 0 aliphatic heterocycles. The van der Waals surface area contributed by atoms with Gasteiger partial charge >= 0.3 is 0 Å². The highest BCUT2D eigenvalue weighted by Gasteiger charge is 2.26. The van der Waals surface area contributed by atoms with Crippen LogP contribution in [0, 0.1) is 5.82 Å². The summed E-state index contributed by atoms with van der Waals surface area (Å²) in [4.78, 5) is 1.22. The third-order valence-corrected chi connectivity index (χ3v) is 6.09. The summed E-state index contributed by atoms with van der Waals surface area (Å²) in [6.45, 7) is 0. The number of nitrogens with two attached hydrogens (primary N) is 1. The van der Waals surface area contributed by atoms with E-state index < -0.39 is 15.8 Å². The Hall–Kier alpha value is -1.44. The molecular weight excluding hydrogens is 311 g/mol. The van der Waals surface area contributed by atoms with E-state index >= 15 is 0 Å². The largest absolute Gasteiger partial charge is 0.396 e. The highest BCUT2D eigenvalue weighted by Crippen LogP contribution is 2.34. The molecule has 1 aliphatic rings. The van der Waals surface area contributed by atoms with Crippen LogP contribution in [0.1, 0.15) is 29.3 Å². The Morgan fingerprint density at radius 3 is 2.90 bits per heavy atom. The maximum absolute atomic E-state index is 13.2. The monoisotopic (exact) mass is 326 g/mol. The van der Waals surface area contributed by atoms with Crippen LogP contribution < -0.4 is 10.5 Å². The molecule has 1 aromatic carbocycles. The second-order valence-electron chi connectivity index (χ2n) is 5.05. The molecule has 4 nitrogen and oxygen atoms in total. The molecule has 0 spiro atoms. The van der Waals surface area contributed by atoms with Gasteiger partial charge in [-0.1, -0.05) is 0 Å². The first-order valence-corrected chi connectivity index (χ1v) is 8.97. The van der Waals surface area contributed by atoms with Crippen LogP contribution in [-0.4, -0.2) is 8.42 Å². The zero-order valence-corrected chi connectivity index (χ0v) is 12.8. The fourth-order valence-electron chi connectivity index (χ4n) is 2.55. The molecule has 7 heteroatoms. The average molecular weight is 326 g/mol. The van der Waals surface area contributed by atoms with E-state index in [0.717, 1.165) is 37.0 Å². The van der Waals surface area contributed by atoms with E-state index in [4.69, 9.17) is 5.73 Å². The lowest BCUT2D eigenvalue weighted by molar-refractivity contribution is 0.511. The fraction of sp³-hybridized carbons (Fsp3) is 0.286. The number of nitrogens with one attached hydrogen (secondary N) is 1. The predicted molar refractivity (Wildman–Crippen MR) is 81.1 cm³/mol. The minimum atomic E-state index is -3.71. The normalized spacial score (nSPS) is 18.4. The summed E-state index contributed by atoms with van der Waals surface area (Å²) in [6.07, 6.45) is 2.71. The van der Waals surface area contributed by atoms with Crippen LogP contribution in [-0.2, 0) is 16.4 Å². The Labute approximate surface area is 126 Å². The van der Waals surface area contributed by atoms with Gasteiger partial charge in [-0.05, 0) is 54.5 Å². The molecule has 1 atom stereocenters. The van der Waals surface area contributed by atoms with Gasteiger partial charge in [-0.15, -0.1) is 11.3 Å². The second kappa shape index (κ2) is 5.40. The summed E-state index contributed by atoms with van der Waals surface area (Å²) in [7, 11) is -3.71. The van der Waals surface area contributed by atoms with Crippen molar-refractivity contribution in [3.05, 3.63) is 45.9 Å². The van der Waals surface area contributed by atoms with Gasteiger partial charge in [-0.25, -0.2) is 17.5 Å². The topological polar surface area (TPSA) is 72.2 Å². The number of fused-ring (bicyclic) bond motifs is 1. The maximum atomic E-state index is 13.2. The lowest BCUT2D eigenvalue weighted by atomic mass is 9.95. The lowest BCUT2D eigenvalue weighted by Crippen LogP contribution is -2.30. The molecular formula is C14H15FN2O2S2. The standard InChI is InChI=1S/C14H15FN2O2S2/c15-11-5-4-9(8-12(11)16)21(18,19)17-13-2-1-3-14-10(13)6-7-20-14/h4-8,13,17H,1-3,16H2. The maximum Gasteiger partial charge on any atom is 0.241 e. The third kappa shape index (κ3) is 2.81. The first-order valence-electron chi connectivity index (χ1n) is 6.61. The average Bonchev–Trinajstić information content (AvgIpc) is 2.91. The van der Waals surface area contributed by atoms with Crippen LogP contribution in [0.5, 0.6) is 0 Å². The van der Waals surface area contributed by atoms with Crippen molar-refractivity contribution in [3.63, 3.8) is 0 Å². The van der Waals surface area contributed by atoms with E-state index in [-0.39, 0.29) is 16.6 Å². The number of benzene rings is 1. The molecule has 2 aromatic rings. The number of aryl methyl sites for hydroxylation is 1. The van der Waals surface area contributed by atoms with Gasteiger partial charge in [0.05, 0.1) is 10.6 Å². The van der Waals surface area contributed by atoms with Crippen molar-refractivity contribution in [1.82, 2.24) is 4.72 Å². The molecule has 0 amide bonds. The van der Waals surface area contributed by atoms with Crippen LogP contribution in [0.2, 0.25) is 0 Å². The number of thiophene rings is 1. The summed E-state index contributed by atoms with van der Waals surface area (Å²) in [5, 5.41) is 1.98. The van der Waals surface area contributed by atoms with Crippen molar-refractivity contribution in [2.24, 2.45) is 0 Å². The Bertz CT molecular complexity index is 771. The van der Waals surface area contributed by atoms with Gasteiger partial charge in [0.15, 0.2) is 0 Å². The van der Waals surface area contributed by atoms with Crippen molar-refractivity contribution in [1.29, 1.82) is 0 Å². The van der Waals surface area contributed by atoms with Crippen LogP contribution in [0.25, 0.3) is 0 Å². The summed E-state index contributed by atoms with van der Waals surface area (Å²) in [5.41, 5.74) is 6.32. The van der Waals surface area contributed by atoms with E-state index in [0.29, 0.717) is 0 Å². The summed E-state index contributed by atoms with van der Waals surface area (Å²) in [5.74, 6) is -0.619. The minimum absolute atomic E-state index is 0.0104. The first-order chi connectivity index (χ1) is 9.97. The fourth-order valence-corrected chi connectivity index (χ4v) is 4.83. The van der Waals surface area contributed by atoms with Crippen molar-refractivity contribution in [2.75, 3.05) is 5.73 Å². The highest BCUT2D eigenvalue weighted by molar-refractivity contribution is 7.89.